The number of hydrogen-bond acceptors (Lipinski definition) is 5. The number of fused-ring (bicyclic) bond motifs is 1. The highest BCUT2D eigenvalue weighted by Crippen LogP contribution is 2.38. The fourth-order valence-corrected chi connectivity index (χ4v) is 3.92. The first-order valence-corrected chi connectivity index (χ1v) is 9.81. The van der Waals surface area contributed by atoms with Crippen LogP contribution in [0.15, 0.2) is 42.6 Å². The van der Waals surface area contributed by atoms with Crippen LogP contribution in [-0.2, 0) is 6.54 Å². The second-order valence-electron chi connectivity index (χ2n) is 7.67. The van der Waals surface area contributed by atoms with E-state index in [0.717, 1.165) is 36.8 Å². The maximum absolute atomic E-state index is 12.4. The van der Waals surface area contributed by atoms with E-state index in [1.165, 1.54) is 18.4 Å². The quantitative estimate of drug-likeness (QED) is 0.884. The molecule has 1 unspecified atom stereocenters. The van der Waals surface area contributed by atoms with Gasteiger partial charge < -0.3 is 15.1 Å². The van der Waals surface area contributed by atoms with E-state index in [1.807, 2.05) is 6.07 Å². The predicted octanol–water partition coefficient (Wildman–Crippen LogP) is 3.01. The normalized spacial score (nSPS) is 18.7. The van der Waals surface area contributed by atoms with Crippen LogP contribution in [0.5, 0.6) is 0 Å². The molecule has 0 saturated carbocycles. The third-order valence-electron chi connectivity index (χ3n) is 5.46. The van der Waals surface area contributed by atoms with Crippen molar-refractivity contribution in [3.63, 3.8) is 0 Å². The van der Waals surface area contributed by atoms with E-state index in [2.05, 4.69) is 50.4 Å². The first kappa shape index (κ1) is 18.6. The number of carbonyl (C=O) groups excluding carboxylic acids is 1. The molecule has 1 atom stereocenters. The van der Waals surface area contributed by atoms with E-state index in [0.29, 0.717) is 0 Å². The number of nitrogens with zero attached hydrogens (tertiary/aromatic N) is 5. The van der Waals surface area contributed by atoms with Crippen LogP contribution in [0.25, 0.3) is 0 Å². The van der Waals surface area contributed by atoms with Crippen molar-refractivity contribution >= 4 is 23.2 Å². The summed E-state index contributed by atoms with van der Waals surface area (Å²) in [6.07, 6.45) is 4.31. The molecular weight excluding hydrogens is 352 g/mol. The number of nitrogens with one attached hydrogen (secondary N) is 1. The van der Waals surface area contributed by atoms with Crippen molar-refractivity contribution in [2.24, 2.45) is 0 Å². The molecule has 0 bridgehead atoms. The van der Waals surface area contributed by atoms with E-state index in [9.17, 15) is 4.79 Å². The van der Waals surface area contributed by atoms with Crippen LogP contribution in [0.2, 0.25) is 0 Å². The van der Waals surface area contributed by atoms with Gasteiger partial charge >= 0.3 is 6.03 Å². The van der Waals surface area contributed by atoms with Gasteiger partial charge in [-0.3, -0.25) is 9.80 Å². The van der Waals surface area contributed by atoms with Gasteiger partial charge in [-0.25, -0.2) is 9.78 Å². The zero-order chi connectivity index (χ0) is 19.7. The number of pyridine rings is 1. The number of rotatable bonds is 4. The summed E-state index contributed by atoms with van der Waals surface area (Å²) in [5.74, 6) is 0.877. The summed E-state index contributed by atoms with van der Waals surface area (Å²) in [5.41, 5.74) is 3.08. The molecule has 7 heteroatoms. The molecule has 1 saturated heterocycles. The summed E-state index contributed by atoms with van der Waals surface area (Å²) in [4.78, 5) is 25.1. The Labute approximate surface area is 166 Å². The fourth-order valence-electron chi connectivity index (χ4n) is 3.92. The molecule has 2 aliphatic heterocycles. The maximum Gasteiger partial charge on any atom is 0.323 e. The zero-order valence-electron chi connectivity index (χ0n) is 16.8. The summed E-state index contributed by atoms with van der Waals surface area (Å²) >= 11 is 0. The Morgan fingerprint density at radius 3 is 2.57 bits per heavy atom. The Hall–Kier alpha value is -2.80. The number of likely N-dealkylation sites (tertiary alicyclic amines) is 1. The molecular formula is C21H28N6O. The third-order valence-corrected chi connectivity index (χ3v) is 5.46. The molecule has 4 rings (SSSR count). The smallest absolute Gasteiger partial charge is 0.323 e. The molecule has 2 aliphatic rings. The molecule has 1 fully saturated rings. The van der Waals surface area contributed by atoms with Crippen LogP contribution in [0.1, 0.15) is 18.4 Å². The largest absolute Gasteiger partial charge is 0.336 e. The number of hydrogen-bond donors (Lipinski definition) is 1. The summed E-state index contributed by atoms with van der Waals surface area (Å²) in [7, 11) is 5.30. The average Bonchev–Trinajstić information content (AvgIpc) is 3.35. The Balaban J connectivity index is 1.67. The van der Waals surface area contributed by atoms with Gasteiger partial charge in [0.1, 0.15) is 0 Å². The molecule has 148 valence electrons. The number of anilines is 3. The van der Waals surface area contributed by atoms with Crippen LogP contribution in [0, 0.1) is 0 Å². The van der Waals surface area contributed by atoms with Gasteiger partial charge in [0.05, 0.1) is 17.6 Å². The van der Waals surface area contributed by atoms with Gasteiger partial charge in [-0.15, -0.1) is 0 Å². The first-order valence-electron chi connectivity index (χ1n) is 9.81. The number of aromatic nitrogens is 1. The van der Waals surface area contributed by atoms with Crippen molar-refractivity contribution < 1.29 is 4.79 Å². The van der Waals surface area contributed by atoms with Crippen LogP contribution in [0.4, 0.5) is 22.0 Å². The number of amides is 2. The number of carbonyl (C=O) groups is 1. The summed E-state index contributed by atoms with van der Waals surface area (Å²) in [6.45, 7) is 2.96. The highest BCUT2D eigenvalue weighted by molar-refractivity contribution is 5.92. The minimum Gasteiger partial charge on any atom is -0.336 e. The Morgan fingerprint density at radius 2 is 1.89 bits per heavy atom. The molecule has 0 radical (unpaired) electrons. The summed E-state index contributed by atoms with van der Waals surface area (Å²) in [5, 5.41) is 3.59. The van der Waals surface area contributed by atoms with E-state index in [-0.39, 0.29) is 12.3 Å². The van der Waals surface area contributed by atoms with Gasteiger partial charge in [-0.2, -0.15) is 0 Å². The molecule has 28 heavy (non-hydrogen) atoms. The lowest BCUT2D eigenvalue weighted by Crippen LogP contribution is -2.48. The summed E-state index contributed by atoms with van der Waals surface area (Å²) in [6, 6.07) is 12.5. The van der Waals surface area contributed by atoms with Crippen LogP contribution in [0.3, 0.4) is 0 Å². The van der Waals surface area contributed by atoms with Gasteiger partial charge in [0.15, 0.2) is 12.1 Å². The molecule has 0 spiro atoms. The molecule has 3 heterocycles. The molecule has 1 aromatic carbocycles. The van der Waals surface area contributed by atoms with Crippen molar-refractivity contribution in [2.45, 2.75) is 25.7 Å². The van der Waals surface area contributed by atoms with Gasteiger partial charge in [0.25, 0.3) is 0 Å². The summed E-state index contributed by atoms with van der Waals surface area (Å²) < 4.78 is 0. The number of urea groups is 1. The average molecular weight is 380 g/mol. The van der Waals surface area contributed by atoms with E-state index >= 15 is 0 Å². The minimum absolute atomic E-state index is 0.0709. The second-order valence-corrected chi connectivity index (χ2v) is 7.67. The second kappa shape index (κ2) is 7.67. The lowest BCUT2D eigenvalue weighted by atomic mass is 10.2. The predicted molar refractivity (Wildman–Crippen MR) is 113 cm³/mol. The van der Waals surface area contributed by atoms with E-state index < -0.39 is 0 Å². The lowest BCUT2D eigenvalue weighted by molar-refractivity contribution is 0.225. The van der Waals surface area contributed by atoms with Gasteiger partial charge in [-0.05, 0) is 24.5 Å². The molecule has 1 aromatic heterocycles. The first-order chi connectivity index (χ1) is 13.5. The SMILES string of the molecule is CN(C)C(=O)N(C)c1cnc2c(c1)N(Cc1ccccc1)C(N1CCCC1)N2. The monoisotopic (exact) mass is 380 g/mol. The Morgan fingerprint density at radius 1 is 1.18 bits per heavy atom. The Kier molecular flexibility index (Phi) is 5.09. The fraction of sp³-hybridized carbons (Fsp3) is 0.429. The van der Waals surface area contributed by atoms with Crippen molar-refractivity contribution in [1.29, 1.82) is 0 Å². The van der Waals surface area contributed by atoms with E-state index in [4.69, 9.17) is 0 Å². The third kappa shape index (κ3) is 3.49. The van der Waals surface area contributed by atoms with Crippen LogP contribution in [-0.4, -0.2) is 61.3 Å². The van der Waals surface area contributed by atoms with Gasteiger partial charge in [0.2, 0.25) is 0 Å². The molecule has 0 aliphatic carbocycles. The van der Waals surface area contributed by atoms with Gasteiger partial charge in [-0.1, -0.05) is 30.3 Å². The van der Waals surface area contributed by atoms with Crippen molar-refractivity contribution in [3.8, 4) is 0 Å². The van der Waals surface area contributed by atoms with Crippen LogP contribution < -0.4 is 15.1 Å². The standard InChI is InChI=1S/C21H28N6O/c1-24(2)21(28)25(3)17-13-18-19(22-14-17)23-20(26-11-7-8-12-26)27(18)15-16-9-5-4-6-10-16/h4-6,9-10,13-14,20H,7-8,11-12,15H2,1-3H3,(H,22,23). The van der Waals surface area contributed by atoms with Crippen molar-refractivity contribution in [3.05, 3.63) is 48.2 Å². The minimum atomic E-state index is -0.0709. The highest BCUT2D eigenvalue weighted by Gasteiger charge is 2.35. The van der Waals surface area contributed by atoms with Crippen molar-refractivity contribution in [1.82, 2.24) is 14.8 Å². The molecule has 7 nitrogen and oxygen atoms in total. The topological polar surface area (TPSA) is 55.0 Å². The Bertz CT molecular complexity index is 834. The molecule has 2 aromatic rings. The van der Waals surface area contributed by atoms with E-state index in [1.54, 1.807) is 37.1 Å². The highest BCUT2D eigenvalue weighted by atomic mass is 16.2. The molecule has 1 N–H and O–H groups in total. The lowest BCUT2D eigenvalue weighted by Gasteiger charge is -2.33. The molecule has 2 amide bonds. The zero-order valence-corrected chi connectivity index (χ0v) is 16.8. The number of benzene rings is 1. The van der Waals surface area contributed by atoms with Crippen LogP contribution >= 0.6 is 0 Å². The van der Waals surface area contributed by atoms with Crippen molar-refractivity contribution in [2.75, 3.05) is 49.3 Å². The van der Waals surface area contributed by atoms with Gasteiger partial charge in [0, 0.05) is 40.8 Å². The maximum atomic E-state index is 12.4.